The van der Waals surface area contributed by atoms with Gasteiger partial charge in [-0.25, -0.2) is 0 Å². The van der Waals surface area contributed by atoms with Crippen LogP contribution in [-0.2, 0) is 9.53 Å². The minimum atomic E-state index is -0.0683. The van der Waals surface area contributed by atoms with E-state index in [-0.39, 0.29) is 11.9 Å². The molecule has 0 spiro atoms. The van der Waals surface area contributed by atoms with Gasteiger partial charge in [-0.15, -0.1) is 0 Å². The number of carbonyl (C=O) groups is 1. The molecule has 0 heterocycles. The number of ether oxygens (including phenoxy) is 1. The Morgan fingerprint density at radius 1 is 1.47 bits per heavy atom. The summed E-state index contributed by atoms with van der Waals surface area (Å²) in [5.41, 5.74) is 1.31. The lowest BCUT2D eigenvalue weighted by molar-refractivity contribution is -0.148. The first-order chi connectivity index (χ1) is 7.20. The first kappa shape index (κ1) is 10.7. The summed E-state index contributed by atoms with van der Waals surface area (Å²) in [4.78, 5) is 11.2. The molecular formula is C12H13BrO2. The Kier molecular flexibility index (Phi) is 3.10. The number of benzene rings is 1. The molecule has 80 valence electrons. The van der Waals surface area contributed by atoms with E-state index < -0.39 is 0 Å². The summed E-state index contributed by atoms with van der Waals surface area (Å²) in [6.07, 6.45) is 1.84. The molecule has 15 heavy (non-hydrogen) atoms. The maximum Gasteiger partial charge on any atom is 0.308 e. The standard InChI is InChI=1S/C12H13BrO2/c1-15-12(14)10-5-9(6-10)8-3-2-4-11(13)7-8/h2-4,7,9-10H,5-6H2,1H3. The van der Waals surface area contributed by atoms with Gasteiger partial charge in [-0.05, 0) is 36.5 Å². The van der Waals surface area contributed by atoms with Crippen LogP contribution in [0.5, 0.6) is 0 Å². The highest BCUT2D eigenvalue weighted by molar-refractivity contribution is 9.10. The molecule has 0 atom stereocenters. The molecule has 3 heteroatoms. The predicted octanol–water partition coefficient (Wildman–Crippen LogP) is 3.12. The molecule has 0 saturated heterocycles. The van der Waals surface area contributed by atoms with Gasteiger partial charge in [0.05, 0.1) is 13.0 Å². The van der Waals surface area contributed by atoms with Crippen LogP contribution in [0.3, 0.4) is 0 Å². The summed E-state index contributed by atoms with van der Waals surface area (Å²) in [6, 6.07) is 8.28. The van der Waals surface area contributed by atoms with Crippen molar-refractivity contribution in [1.29, 1.82) is 0 Å². The molecule has 0 radical (unpaired) electrons. The minimum Gasteiger partial charge on any atom is -0.469 e. The smallest absolute Gasteiger partial charge is 0.308 e. The van der Waals surface area contributed by atoms with E-state index in [0.29, 0.717) is 5.92 Å². The monoisotopic (exact) mass is 268 g/mol. The van der Waals surface area contributed by atoms with E-state index >= 15 is 0 Å². The lowest BCUT2D eigenvalue weighted by Gasteiger charge is -2.33. The van der Waals surface area contributed by atoms with Gasteiger partial charge in [0.2, 0.25) is 0 Å². The third-order valence-corrected chi connectivity index (χ3v) is 3.49. The Bertz CT molecular complexity index is 370. The second kappa shape index (κ2) is 4.35. The van der Waals surface area contributed by atoms with Gasteiger partial charge in [0.25, 0.3) is 0 Å². The zero-order chi connectivity index (χ0) is 10.8. The third kappa shape index (κ3) is 2.23. The molecule has 0 aromatic heterocycles. The number of halogens is 1. The van der Waals surface area contributed by atoms with E-state index in [2.05, 4.69) is 28.1 Å². The number of hydrogen-bond acceptors (Lipinski definition) is 2. The predicted molar refractivity (Wildman–Crippen MR) is 61.6 cm³/mol. The van der Waals surface area contributed by atoms with Gasteiger partial charge in [-0.3, -0.25) is 4.79 Å². The molecule has 0 unspecified atom stereocenters. The van der Waals surface area contributed by atoms with Crippen molar-refractivity contribution in [1.82, 2.24) is 0 Å². The Morgan fingerprint density at radius 3 is 2.80 bits per heavy atom. The summed E-state index contributed by atoms with van der Waals surface area (Å²) < 4.78 is 5.81. The van der Waals surface area contributed by atoms with Crippen LogP contribution in [0.2, 0.25) is 0 Å². The number of rotatable bonds is 2. The highest BCUT2D eigenvalue weighted by Gasteiger charge is 2.35. The Labute approximate surface area is 97.8 Å². The molecule has 0 aliphatic heterocycles. The Balaban J connectivity index is 1.97. The molecule has 0 N–H and O–H groups in total. The summed E-state index contributed by atoms with van der Waals surface area (Å²) in [5.74, 6) is 0.562. The van der Waals surface area contributed by atoms with Crippen LogP contribution >= 0.6 is 15.9 Å². The van der Waals surface area contributed by atoms with Crippen LogP contribution in [0.25, 0.3) is 0 Å². The van der Waals surface area contributed by atoms with E-state index in [1.165, 1.54) is 12.7 Å². The third-order valence-electron chi connectivity index (χ3n) is 2.99. The largest absolute Gasteiger partial charge is 0.469 e. The number of carbonyl (C=O) groups excluding carboxylic acids is 1. The molecule has 1 saturated carbocycles. The Morgan fingerprint density at radius 2 is 2.20 bits per heavy atom. The van der Waals surface area contributed by atoms with Crippen LogP contribution in [-0.4, -0.2) is 13.1 Å². The fraction of sp³-hybridized carbons (Fsp3) is 0.417. The number of esters is 1. The van der Waals surface area contributed by atoms with Crippen molar-refractivity contribution in [3.05, 3.63) is 34.3 Å². The summed E-state index contributed by atoms with van der Waals surface area (Å²) in [7, 11) is 1.45. The topological polar surface area (TPSA) is 26.3 Å². The first-order valence-electron chi connectivity index (χ1n) is 5.04. The average molecular weight is 269 g/mol. The molecule has 2 nitrogen and oxygen atoms in total. The first-order valence-corrected chi connectivity index (χ1v) is 5.83. The van der Waals surface area contributed by atoms with Crippen molar-refractivity contribution in [2.45, 2.75) is 18.8 Å². The van der Waals surface area contributed by atoms with Gasteiger partial charge >= 0.3 is 5.97 Å². The molecule has 0 amide bonds. The van der Waals surface area contributed by atoms with Gasteiger partial charge in [0, 0.05) is 4.47 Å². The van der Waals surface area contributed by atoms with Crippen molar-refractivity contribution in [3.63, 3.8) is 0 Å². The van der Waals surface area contributed by atoms with Gasteiger partial charge in [-0.1, -0.05) is 28.1 Å². The van der Waals surface area contributed by atoms with Crippen molar-refractivity contribution < 1.29 is 9.53 Å². The van der Waals surface area contributed by atoms with Crippen LogP contribution in [0.4, 0.5) is 0 Å². The van der Waals surface area contributed by atoms with E-state index in [0.717, 1.165) is 17.3 Å². The summed E-state index contributed by atoms with van der Waals surface area (Å²) in [6.45, 7) is 0. The lowest BCUT2D eigenvalue weighted by Crippen LogP contribution is -2.29. The fourth-order valence-electron chi connectivity index (χ4n) is 2.01. The van der Waals surface area contributed by atoms with Crippen LogP contribution in [0.1, 0.15) is 24.3 Å². The molecule has 1 aromatic carbocycles. The second-order valence-electron chi connectivity index (χ2n) is 3.94. The van der Waals surface area contributed by atoms with Crippen molar-refractivity contribution >= 4 is 21.9 Å². The van der Waals surface area contributed by atoms with E-state index in [1.807, 2.05) is 12.1 Å². The maximum atomic E-state index is 11.2. The SMILES string of the molecule is COC(=O)C1CC(c2cccc(Br)c2)C1. The molecule has 1 aromatic rings. The van der Waals surface area contributed by atoms with E-state index in [1.54, 1.807) is 0 Å². The highest BCUT2D eigenvalue weighted by Crippen LogP contribution is 2.42. The van der Waals surface area contributed by atoms with Crippen molar-refractivity contribution in [2.75, 3.05) is 7.11 Å². The zero-order valence-electron chi connectivity index (χ0n) is 8.57. The molecule has 0 bridgehead atoms. The van der Waals surface area contributed by atoms with Crippen LogP contribution < -0.4 is 0 Å². The van der Waals surface area contributed by atoms with Crippen molar-refractivity contribution in [2.24, 2.45) is 5.92 Å². The van der Waals surface area contributed by atoms with Gasteiger partial charge in [-0.2, -0.15) is 0 Å². The molecule has 2 rings (SSSR count). The quantitative estimate of drug-likeness (QED) is 0.771. The van der Waals surface area contributed by atoms with Gasteiger partial charge in [0.15, 0.2) is 0 Å². The second-order valence-corrected chi connectivity index (χ2v) is 4.86. The lowest BCUT2D eigenvalue weighted by atomic mass is 9.71. The van der Waals surface area contributed by atoms with E-state index in [9.17, 15) is 4.79 Å². The maximum absolute atomic E-state index is 11.2. The molecule has 1 aliphatic carbocycles. The zero-order valence-corrected chi connectivity index (χ0v) is 10.2. The molecular weight excluding hydrogens is 256 g/mol. The normalized spacial score (nSPS) is 24.4. The summed E-state index contributed by atoms with van der Waals surface area (Å²) in [5, 5.41) is 0. The van der Waals surface area contributed by atoms with Gasteiger partial charge < -0.3 is 4.74 Å². The number of hydrogen-bond donors (Lipinski definition) is 0. The van der Waals surface area contributed by atoms with Crippen LogP contribution in [0.15, 0.2) is 28.7 Å². The number of methoxy groups -OCH3 is 1. The van der Waals surface area contributed by atoms with E-state index in [4.69, 9.17) is 4.74 Å². The van der Waals surface area contributed by atoms with Gasteiger partial charge in [0.1, 0.15) is 0 Å². The van der Waals surface area contributed by atoms with Crippen molar-refractivity contribution in [3.8, 4) is 0 Å². The molecule has 1 aliphatic rings. The van der Waals surface area contributed by atoms with Crippen LogP contribution in [0, 0.1) is 5.92 Å². The molecule has 1 fully saturated rings. The fourth-order valence-corrected chi connectivity index (χ4v) is 2.43. The Hall–Kier alpha value is -0.830. The minimum absolute atomic E-state index is 0.0683. The average Bonchev–Trinajstić information content (AvgIpc) is 2.15. The highest BCUT2D eigenvalue weighted by atomic mass is 79.9. The summed E-state index contributed by atoms with van der Waals surface area (Å²) >= 11 is 3.45.